The zero-order valence-electron chi connectivity index (χ0n) is 20.7. The van der Waals surface area contributed by atoms with E-state index in [0.717, 1.165) is 68.9 Å². The lowest BCUT2D eigenvalue weighted by atomic mass is 9.70. The Kier molecular flexibility index (Phi) is 6.66. The summed E-state index contributed by atoms with van der Waals surface area (Å²) in [6.07, 6.45) is 10.5. The van der Waals surface area contributed by atoms with Crippen LogP contribution < -0.4 is 9.62 Å². The number of benzene rings is 2. The van der Waals surface area contributed by atoms with Gasteiger partial charge in [0, 0.05) is 28.9 Å². The van der Waals surface area contributed by atoms with Crippen LogP contribution in [0.25, 0.3) is 0 Å². The topological polar surface area (TPSA) is 101 Å². The van der Waals surface area contributed by atoms with Crippen molar-refractivity contribution < 1.29 is 21.6 Å². The minimum atomic E-state index is -3.49. The minimum Gasteiger partial charge on any atom is -0.307 e. The fraction of sp³-hybridized carbons (Fsp3) is 0.519. The molecule has 0 unspecified atom stereocenters. The number of sulfone groups is 1. The number of rotatable bonds is 5. The molecular weight excluding hydrogens is 496 g/mol. The number of sulfonamides is 1. The van der Waals surface area contributed by atoms with E-state index in [-0.39, 0.29) is 21.5 Å². The van der Waals surface area contributed by atoms with Gasteiger partial charge in [-0.1, -0.05) is 44.6 Å². The summed E-state index contributed by atoms with van der Waals surface area (Å²) in [5.41, 5.74) is 2.42. The van der Waals surface area contributed by atoms with Gasteiger partial charge in [0.15, 0.2) is 9.84 Å². The van der Waals surface area contributed by atoms with Crippen LogP contribution in [0, 0.1) is 0 Å². The van der Waals surface area contributed by atoms with E-state index in [1.165, 1.54) is 6.07 Å². The molecule has 2 aromatic rings. The van der Waals surface area contributed by atoms with Crippen molar-refractivity contribution in [2.75, 3.05) is 22.4 Å². The summed E-state index contributed by atoms with van der Waals surface area (Å²) >= 11 is 0. The van der Waals surface area contributed by atoms with E-state index in [4.69, 9.17) is 0 Å². The van der Waals surface area contributed by atoms with Gasteiger partial charge in [-0.25, -0.2) is 16.8 Å². The Morgan fingerprint density at radius 1 is 0.917 bits per heavy atom. The SMILES string of the molecule is CS(=O)(=O)Nc1ccc2c(c1)C1(CCCCC1)CN2C(=O)c1cccc(S(=O)(=O)C2CCCCC2)c1. The summed E-state index contributed by atoms with van der Waals surface area (Å²) in [7, 11) is -6.91. The lowest BCUT2D eigenvalue weighted by Gasteiger charge is -2.34. The molecule has 0 radical (unpaired) electrons. The van der Waals surface area contributed by atoms with Gasteiger partial charge in [-0.05, 0) is 67.6 Å². The standard InChI is InChI=1S/C27H34N2O5S2/c1-35(31,32)28-21-13-14-25-24(18-21)27(15-6-3-7-16-27)19-29(25)26(30)20-9-8-12-23(17-20)36(33,34)22-10-4-2-5-11-22/h8-9,12-14,17-18,22,28H,2-7,10-11,15-16,19H2,1H3. The van der Waals surface area contributed by atoms with Crippen LogP contribution in [0.4, 0.5) is 11.4 Å². The molecule has 0 bridgehead atoms. The van der Waals surface area contributed by atoms with Crippen molar-refractivity contribution >= 4 is 37.1 Å². The highest BCUT2D eigenvalue weighted by molar-refractivity contribution is 7.92. The quantitative estimate of drug-likeness (QED) is 0.585. The van der Waals surface area contributed by atoms with E-state index >= 15 is 0 Å². The summed E-state index contributed by atoms with van der Waals surface area (Å²) in [4.78, 5) is 15.8. The summed E-state index contributed by atoms with van der Waals surface area (Å²) in [5.74, 6) is -0.219. The van der Waals surface area contributed by atoms with Gasteiger partial charge in [0.2, 0.25) is 10.0 Å². The van der Waals surface area contributed by atoms with Gasteiger partial charge in [0.1, 0.15) is 0 Å². The molecule has 1 N–H and O–H groups in total. The van der Waals surface area contributed by atoms with E-state index in [1.807, 2.05) is 12.1 Å². The Morgan fingerprint density at radius 2 is 1.61 bits per heavy atom. The molecule has 36 heavy (non-hydrogen) atoms. The molecule has 0 aromatic heterocycles. The first-order chi connectivity index (χ1) is 17.1. The second kappa shape index (κ2) is 9.49. The Bertz CT molecular complexity index is 1370. The first kappa shape index (κ1) is 25.3. The molecule has 0 atom stereocenters. The average Bonchev–Trinajstić information content (AvgIpc) is 3.16. The highest BCUT2D eigenvalue weighted by atomic mass is 32.2. The molecule has 1 heterocycles. The minimum absolute atomic E-state index is 0.218. The molecular formula is C27H34N2O5S2. The summed E-state index contributed by atoms with van der Waals surface area (Å²) in [6, 6.07) is 11.9. The fourth-order valence-electron chi connectivity index (χ4n) is 6.31. The maximum Gasteiger partial charge on any atom is 0.258 e. The average molecular weight is 531 g/mol. The second-order valence-electron chi connectivity index (χ2n) is 10.7. The molecule has 2 aliphatic carbocycles. The van der Waals surface area contributed by atoms with Crippen LogP contribution in [0.3, 0.4) is 0 Å². The van der Waals surface area contributed by atoms with Gasteiger partial charge in [-0.2, -0.15) is 0 Å². The van der Waals surface area contributed by atoms with E-state index < -0.39 is 19.9 Å². The normalized spacial score (nSPS) is 20.3. The second-order valence-corrected chi connectivity index (χ2v) is 14.6. The third-order valence-electron chi connectivity index (χ3n) is 8.08. The highest BCUT2D eigenvalue weighted by Gasteiger charge is 2.45. The van der Waals surface area contributed by atoms with Crippen LogP contribution in [0.2, 0.25) is 0 Å². The van der Waals surface area contributed by atoms with Crippen LogP contribution in [0.5, 0.6) is 0 Å². The van der Waals surface area contributed by atoms with Crippen LogP contribution in [-0.4, -0.2) is 40.8 Å². The largest absolute Gasteiger partial charge is 0.307 e. The van der Waals surface area contributed by atoms with Gasteiger partial charge in [0.05, 0.1) is 16.4 Å². The van der Waals surface area contributed by atoms with Crippen LogP contribution in [0.15, 0.2) is 47.4 Å². The van der Waals surface area contributed by atoms with Gasteiger partial charge in [0.25, 0.3) is 5.91 Å². The smallest absolute Gasteiger partial charge is 0.258 e. The van der Waals surface area contributed by atoms with Crippen LogP contribution in [0.1, 0.15) is 80.1 Å². The summed E-state index contributed by atoms with van der Waals surface area (Å²) < 4.78 is 52.8. The lowest BCUT2D eigenvalue weighted by molar-refractivity contribution is 0.0982. The molecule has 5 rings (SSSR count). The van der Waals surface area contributed by atoms with Crippen molar-refractivity contribution in [1.82, 2.24) is 0 Å². The van der Waals surface area contributed by atoms with Crippen LogP contribution in [-0.2, 0) is 25.3 Å². The predicted molar refractivity (Wildman–Crippen MR) is 142 cm³/mol. The molecule has 1 spiro atoms. The van der Waals surface area contributed by atoms with Crippen molar-refractivity contribution in [1.29, 1.82) is 0 Å². The van der Waals surface area contributed by atoms with Crippen molar-refractivity contribution in [2.45, 2.75) is 79.8 Å². The molecule has 0 saturated heterocycles. The zero-order valence-corrected chi connectivity index (χ0v) is 22.3. The Balaban J connectivity index is 1.49. The number of nitrogens with one attached hydrogen (secondary N) is 1. The maximum atomic E-state index is 13.8. The van der Waals surface area contributed by atoms with Gasteiger partial charge in [-0.3, -0.25) is 9.52 Å². The number of nitrogens with zero attached hydrogens (tertiary/aromatic N) is 1. The summed E-state index contributed by atoms with van der Waals surface area (Å²) in [6.45, 7) is 0.517. The fourth-order valence-corrected chi connectivity index (χ4v) is 8.77. The number of carbonyl (C=O) groups is 1. The molecule has 9 heteroatoms. The number of hydrogen-bond acceptors (Lipinski definition) is 5. The third-order valence-corrected chi connectivity index (χ3v) is 10.9. The van der Waals surface area contributed by atoms with E-state index in [2.05, 4.69) is 4.72 Å². The zero-order chi connectivity index (χ0) is 25.6. The molecule has 7 nitrogen and oxygen atoms in total. The molecule has 3 aliphatic rings. The number of anilines is 2. The van der Waals surface area contributed by atoms with E-state index in [1.54, 1.807) is 29.2 Å². The number of hydrogen-bond donors (Lipinski definition) is 1. The van der Waals surface area contributed by atoms with Crippen molar-refractivity contribution in [2.24, 2.45) is 0 Å². The lowest BCUT2D eigenvalue weighted by Crippen LogP contribution is -2.38. The molecule has 1 aliphatic heterocycles. The molecule has 2 saturated carbocycles. The maximum absolute atomic E-state index is 13.8. The van der Waals surface area contributed by atoms with Crippen LogP contribution >= 0.6 is 0 Å². The predicted octanol–water partition coefficient (Wildman–Crippen LogP) is 5.03. The number of fused-ring (bicyclic) bond motifs is 2. The van der Waals surface area contributed by atoms with Gasteiger partial charge < -0.3 is 4.90 Å². The molecule has 2 fully saturated rings. The molecule has 194 valence electrons. The Labute approximate surface area is 214 Å². The monoisotopic (exact) mass is 530 g/mol. The first-order valence-corrected chi connectivity index (χ1v) is 16.3. The van der Waals surface area contributed by atoms with Crippen molar-refractivity contribution in [3.8, 4) is 0 Å². The Morgan fingerprint density at radius 3 is 2.31 bits per heavy atom. The first-order valence-electron chi connectivity index (χ1n) is 12.9. The number of amides is 1. The summed E-state index contributed by atoms with van der Waals surface area (Å²) in [5, 5.41) is -0.379. The van der Waals surface area contributed by atoms with E-state index in [9.17, 15) is 21.6 Å². The highest BCUT2D eigenvalue weighted by Crippen LogP contribution is 2.50. The van der Waals surface area contributed by atoms with Gasteiger partial charge in [-0.15, -0.1) is 0 Å². The van der Waals surface area contributed by atoms with Crippen molar-refractivity contribution in [3.05, 3.63) is 53.6 Å². The van der Waals surface area contributed by atoms with E-state index in [0.29, 0.717) is 30.6 Å². The Hall–Kier alpha value is -2.39. The molecule has 1 amide bonds. The van der Waals surface area contributed by atoms with Crippen molar-refractivity contribution in [3.63, 3.8) is 0 Å². The number of carbonyl (C=O) groups excluding carboxylic acids is 1. The molecule has 2 aromatic carbocycles. The third kappa shape index (κ3) is 4.79. The van der Waals surface area contributed by atoms with Gasteiger partial charge >= 0.3 is 0 Å².